The maximum Gasteiger partial charge on any atom is 0.513 e. The number of fused-ring (bicyclic) bond motifs is 1. The molecule has 6 heteroatoms. The summed E-state index contributed by atoms with van der Waals surface area (Å²) >= 11 is 1.14. The van der Waals surface area contributed by atoms with Gasteiger partial charge in [0.05, 0.1) is 6.61 Å². The van der Waals surface area contributed by atoms with Crippen molar-refractivity contribution in [3.05, 3.63) is 36.4 Å². The number of nitrogens with zero attached hydrogens (tertiary/aromatic N) is 1. The number of amides is 1. The molecule has 0 bridgehead atoms. The highest BCUT2D eigenvalue weighted by Crippen LogP contribution is 2.36. The fourth-order valence-corrected chi connectivity index (χ4v) is 3.36. The van der Waals surface area contributed by atoms with Crippen molar-refractivity contribution in [2.24, 2.45) is 0 Å². The first-order valence-corrected chi connectivity index (χ1v) is 8.75. The number of hydrogen-bond acceptors (Lipinski definition) is 5. The highest BCUT2D eigenvalue weighted by Gasteiger charge is 2.17. The molecule has 24 heavy (non-hydrogen) atoms. The first-order chi connectivity index (χ1) is 11.6. The second-order valence-corrected chi connectivity index (χ2v) is 5.93. The van der Waals surface area contributed by atoms with Gasteiger partial charge in [-0.25, -0.2) is 4.79 Å². The molecule has 0 spiro atoms. The fraction of sp³-hybridized carbons (Fsp3) is 0.333. The van der Waals surface area contributed by atoms with Gasteiger partial charge in [-0.05, 0) is 50.1 Å². The van der Waals surface area contributed by atoms with Crippen molar-refractivity contribution >= 4 is 33.9 Å². The maximum atomic E-state index is 12.4. The summed E-state index contributed by atoms with van der Waals surface area (Å²) in [6, 6.07) is 11.1. The summed E-state index contributed by atoms with van der Waals surface area (Å²) < 4.78 is 10.1. The molecule has 0 N–H and O–H groups in total. The quantitative estimate of drug-likeness (QED) is 0.436. The smallest absolute Gasteiger partial charge is 0.434 e. The number of hydrogen-bond donors (Lipinski definition) is 0. The maximum absolute atomic E-state index is 12.4. The van der Waals surface area contributed by atoms with Gasteiger partial charge in [-0.3, -0.25) is 4.79 Å². The molecule has 2 aromatic carbocycles. The second-order valence-electron chi connectivity index (χ2n) is 4.94. The molecular weight excluding hydrogens is 326 g/mol. The average molecular weight is 347 g/mol. The van der Waals surface area contributed by atoms with Crippen LogP contribution in [0.2, 0.25) is 0 Å². The number of ether oxygens (including phenoxy) is 2. The molecule has 128 valence electrons. The molecule has 0 aliphatic rings. The zero-order chi connectivity index (χ0) is 17.5. The van der Waals surface area contributed by atoms with E-state index in [0.29, 0.717) is 18.8 Å². The lowest BCUT2D eigenvalue weighted by Gasteiger charge is -2.18. The summed E-state index contributed by atoms with van der Waals surface area (Å²) in [5.74, 6) is 0.390. The molecule has 0 unspecified atom stereocenters. The predicted octanol–water partition coefficient (Wildman–Crippen LogP) is 4.93. The van der Waals surface area contributed by atoms with Gasteiger partial charge in [-0.2, -0.15) is 0 Å². The Balaban J connectivity index is 2.39. The molecule has 0 radical (unpaired) electrons. The Kier molecular flexibility index (Phi) is 6.49. The van der Waals surface area contributed by atoms with Crippen LogP contribution in [0, 0.1) is 0 Å². The van der Waals surface area contributed by atoms with E-state index in [1.165, 1.54) is 0 Å². The standard InChI is InChI=1S/C18H21NO4S/c1-4-19(5-2)17(20)24-15-12-8-10-13-9-7-11-14(16(13)15)23-18(21)22-6-3/h7-12H,4-6H2,1-3H3. The van der Waals surface area contributed by atoms with Gasteiger partial charge in [0.2, 0.25) is 0 Å². The van der Waals surface area contributed by atoms with Crippen molar-refractivity contribution in [2.75, 3.05) is 19.7 Å². The number of carbonyl (C=O) groups excluding carboxylic acids is 2. The van der Waals surface area contributed by atoms with Gasteiger partial charge < -0.3 is 14.4 Å². The van der Waals surface area contributed by atoms with Crippen molar-refractivity contribution in [2.45, 2.75) is 25.7 Å². The summed E-state index contributed by atoms with van der Waals surface area (Å²) in [4.78, 5) is 26.6. The van der Waals surface area contributed by atoms with Gasteiger partial charge in [0, 0.05) is 23.4 Å². The van der Waals surface area contributed by atoms with E-state index in [9.17, 15) is 9.59 Å². The summed E-state index contributed by atoms with van der Waals surface area (Å²) in [7, 11) is 0. The third-order valence-electron chi connectivity index (χ3n) is 3.50. The molecule has 1 amide bonds. The van der Waals surface area contributed by atoms with Gasteiger partial charge >= 0.3 is 6.16 Å². The fourth-order valence-electron chi connectivity index (χ4n) is 2.32. The highest BCUT2D eigenvalue weighted by molar-refractivity contribution is 8.13. The van der Waals surface area contributed by atoms with Crippen LogP contribution in [0.1, 0.15) is 20.8 Å². The Morgan fingerprint density at radius 3 is 2.33 bits per heavy atom. The van der Waals surface area contributed by atoms with Crippen molar-refractivity contribution in [3.8, 4) is 5.75 Å². The number of carbonyl (C=O) groups is 2. The average Bonchev–Trinajstić information content (AvgIpc) is 2.56. The Morgan fingerprint density at radius 1 is 1.04 bits per heavy atom. The van der Waals surface area contributed by atoms with Crippen LogP contribution in [-0.4, -0.2) is 36.0 Å². The van der Waals surface area contributed by atoms with E-state index < -0.39 is 6.16 Å². The molecule has 0 fully saturated rings. The minimum atomic E-state index is -0.750. The van der Waals surface area contributed by atoms with Crippen molar-refractivity contribution in [1.82, 2.24) is 4.90 Å². The molecular formula is C18H21NO4S. The lowest BCUT2D eigenvalue weighted by molar-refractivity contribution is 0.105. The monoisotopic (exact) mass is 347 g/mol. The van der Waals surface area contributed by atoms with Crippen LogP contribution >= 0.6 is 11.8 Å². The minimum Gasteiger partial charge on any atom is -0.434 e. The third kappa shape index (κ3) is 4.20. The van der Waals surface area contributed by atoms with Crippen LogP contribution < -0.4 is 4.74 Å². The molecule has 0 saturated carbocycles. The van der Waals surface area contributed by atoms with E-state index in [0.717, 1.165) is 27.4 Å². The van der Waals surface area contributed by atoms with E-state index in [2.05, 4.69) is 0 Å². The van der Waals surface area contributed by atoms with Crippen LogP contribution in [0.15, 0.2) is 41.3 Å². The Labute approximate surface area is 145 Å². The molecule has 0 aromatic heterocycles. The van der Waals surface area contributed by atoms with E-state index in [-0.39, 0.29) is 11.8 Å². The van der Waals surface area contributed by atoms with Gasteiger partial charge in [0.25, 0.3) is 5.24 Å². The zero-order valence-corrected chi connectivity index (χ0v) is 14.9. The summed E-state index contributed by atoms with van der Waals surface area (Å²) in [6.07, 6.45) is -0.750. The van der Waals surface area contributed by atoms with Crippen molar-refractivity contribution < 1.29 is 19.1 Å². The summed E-state index contributed by atoms with van der Waals surface area (Å²) in [5, 5.41) is 1.60. The SMILES string of the molecule is CCOC(=O)Oc1cccc2cccc(SC(=O)N(CC)CC)c12. The molecule has 0 aliphatic heterocycles. The van der Waals surface area contributed by atoms with Crippen molar-refractivity contribution in [3.63, 3.8) is 0 Å². The largest absolute Gasteiger partial charge is 0.513 e. The van der Waals surface area contributed by atoms with Gasteiger partial charge in [0.1, 0.15) is 5.75 Å². The Hall–Kier alpha value is -2.21. The molecule has 2 aromatic rings. The molecule has 0 aliphatic carbocycles. The first-order valence-electron chi connectivity index (χ1n) is 7.93. The highest BCUT2D eigenvalue weighted by atomic mass is 32.2. The number of benzene rings is 2. The van der Waals surface area contributed by atoms with Gasteiger partial charge in [-0.1, -0.05) is 24.3 Å². The third-order valence-corrected chi connectivity index (χ3v) is 4.50. The van der Waals surface area contributed by atoms with Gasteiger partial charge in [0.15, 0.2) is 0 Å². The van der Waals surface area contributed by atoms with Crippen LogP contribution in [0.5, 0.6) is 5.75 Å². The number of rotatable bonds is 5. The topological polar surface area (TPSA) is 55.8 Å². The van der Waals surface area contributed by atoms with E-state index in [4.69, 9.17) is 9.47 Å². The van der Waals surface area contributed by atoms with Crippen LogP contribution in [0.25, 0.3) is 10.8 Å². The van der Waals surface area contributed by atoms with E-state index in [1.807, 2.05) is 38.1 Å². The Bertz CT molecular complexity index is 723. The van der Waals surface area contributed by atoms with Crippen LogP contribution in [0.3, 0.4) is 0 Å². The molecule has 0 saturated heterocycles. The molecule has 5 nitrogen and oxygen atoms in total. The van der Waals surface area contributed by atoms with Crippen LogP contribution in [-0.2, 0) is 4.74 Å². The van der Waals surface area contributed by atoms with Crippen molar-refractivity contribution in [1.29, 1.82) is 0 Å². The molecule has 2 rings (SSSR count). The summed E-state index contributed by atoms with van der Waals surface area (Å²) in [6.45, 7) is 7.15. The summed E-state index contributed by atoms with van der Waals surface area (Å²) in [5.41, 5.74) is 0. The number of thioether (sulfide) groups is 1. The normalized spacial score (nSPS) is 10.5. The van der Waals surface area contributed by atoms with Crippen LogP contribution in [0.4, 0.5) is 9.59 Å². The predicted molar refractivity (Wildman–Crippen MR) is 95.8 cm³/mol. The second kappa shape index (κ2) is 8.59. The lowest BCUT2D eigenvalue weighted by Crippen LogP contribution is -2.26. The van der Waals surface area contributed by atoms with Gasteiger partial charge in [-0.15, -0.1) is 0 Å². The van der Waals surface area contributed by atoms with E-state index in [1.54, 1.807) is 24.0 Å². The molecule has 0 atom stereocenters. The lowest BCUT2D eigenvalue weighted by atomic mass is 10.1. The minimum absolute atomic E-state index is 0.0292. The van der Waals surface area contributed by atoms with E-state index >= 15 is 0 Å². The zero-order valence-electron chi connectivity index (χ0n) is 14.1. The Morgan fingerprint density at radius 2 is 1.71 bits per heavy atom. The first kappa shape index (κ1) is 18.1. The molecule has 0 heterocycles.